The van der Waals surface area contributed by atoms with Gasteiger partial charge >= 0.3 is 0 Å². The number of nitrogens with zero attached hydrogens (tertiary/aromatic N) is 1. The molecule has 1 aliphatic rings. The second kappa shape index (κ2) is 5.49. The molecule has 1 saturated heterocycles. The minimum absolute atomic E-state index is 0.00252. The van der Waals surface area contributed by atoms with Crippen molar-refractivity contribution in [3.05, 3.63) is 0 Å². The van der Waals surface area contributed by atoms with E-state index in [4.69, 9.17) is 5.73 Å². The van der Waals surface area contributed by atoms with Gasteiger partial charge in [-0.2, -0.15) is 0 Å². The maximum Gasteiger partial charge on any atom is 0.245 e. The number of piperazine rings is 1. The van der Waals surface area contributed by atoms with E-state index >= 15 is 0 Å². The Morgan fingerprint density at radius 2 is 2.05 bits per heavy atom. The fourth-order valence-corrected chi connectivity index (χ4v) is 2.52. The van der Waals surface area contributed by atoms with Gasteiger partial charge in [0.25, 0.3) is 0 Å². The summed E-state index contributed by atoms with van der Waals surface area (Å²) in [6, 6.07) is 0. The van der Waals surface area contributed by atoms with Gasteiger partial charge in [-0.25, -0.2) is 0 Å². The first-order chi connectivity index (χ1) is 8.59. The van der Waals surface area contributed by atoms with Crippen LogP contribution in [0.25, 0.3) is 0 Å². The van der Waals surface area contributed by atoms with E-state index in [0.29, 0.717) is 19.6 Å². The Kier molecular flexibility index (Phi) is 4.61. The lowest BCUT2D eigenvalue weighted by Gasteiger charge is -2.43. The third kappa shape index (κ3) is 3.69. The number of carbonyl (C=O) groups excluding carboxylic acids is 2. The molecule has 5 nitrogen and oxygen atoms in total. The van der Waals surface area contributed by atoms with E-state index in [1.54, 1.807) is 18.7 Å². The average Bonchev–Trinajstić information content (AvgIpc) is 2.27. The van der Waals surface area contributed by atoms with E-state index in [-0.39, 0.29) is 23.1 Å². The van der Waals surface area contributed by atoms with Crippen LogP contribution in [0.5, 0.6) is 0 Å². The molecule has 0 aromatic carbocycles. The molecule has 19 heavy (non-hydrogen) atoms. The molecule has 1 aliphatic heterocycles. The predicted octanol–water partition coefficient (Wildman–Crippen LogP) is 0.735. The minimum Gasteiger partial charge on any atom is -0.352 e. The summed E-state index contributed by atoms with van der Waals surface area (Å²) >= 11 is 0. The number of rotatable bonds is 3. The summed E-state index contributed by atoms with van der Waals surface area (Å²) in [4.78, 5) is 26.2. The highest BCUT2D eigenvalue weighted by Gasteiger charge is 2.42. The summed E-state index contributed by atoms with van der Waals surface area (Å²) in [5, 5.41) is 2.80. The molecule has 0 radical (unpaired) electrons. The summed E-state index contributed by atoms with van der Waals surface area (Å²) in [5.74, 6) is -0.318. The van der Waals surface area contributed by atoms with Crippen LogP contribution in [-0.4, -0.2) is 41.9 Å². The molecular weight excluding hydrogens is 242 g/mol. The van der Waals surface area contributed by atoms with Gasteiger partial charge in [0.05, 0.1) is 5.92 Å². The highest BCUT2D eigenvalue weighted by Crippen LogP contribution is 2.28. The Balaban J connectivity index is 2.88. The van der Waals surface area contributed by atoms with Crippen LogP contribution in [0.1, 0.15) is 41.0 Å². The Labute approximate surface area is 115 Å². The largest absolute Gasteiger partial charge is 0.352 e. The molecule has 1 rings (SSSR count). The molecule has 110 valence electrons. The van der Waals surface area contributed by atoms with Gasteiger partial charge in [0.15, 0.2) is 0 Å². The van der Waals surface area contributed by atoms with Crippen molar-refractivity contribution >= 4 is 11.8 Å². The number of carbonyl (C=O) groups is 2. The second-order valence-corrected chi connectivity index (χ2v) is 7.00. The van der Waals surface area contributed by atoms with Crippen molar-refractivity contribution in [3.63, 3.8) is 0 Å². The van der Waals surface area contributed by atoms with Crippen LogP contribution in [0.15, 0.2) is 0 Å². The van der Waals surface area contributed by atoms with Crippen LogP contribution in [0, 0.1) is 11.3 Å². The normalized spacial score (nSPS) is 20.9. The second-order valence-electron chi connectivity index (χ2n) is 7.00. The van der Waals surface area contributed by atoms with E-state index in [0.717, 1.165) is 6.42 Å². The molecule has 1 unspecified atom stereocenters. The van der Waals surface area contributed by atoms with Gasteiger partial charge in [-0.15, -0.1) is 0 Å². The van der Waals surface area contributed by atoms with Crippen LogP contribution in [0.3, 0.4) is 0 Å². The topological polar surface area (TPSA) is 75.4 Å². The summed E-state index contributed by atoms with van der Waals surface area (Å²) in [6.45, 7) is 11.2. The Morgan fingerprint density at radius 1 is 1.47 bits per heavy atom. The molecule has 5 heteroatoms. The summed E-state index contributed by atoms with van der Waals surface area (Å²) < 4.78 is 0. The average molecular weight is 269 g/mol. The van der Waals surface area contributed by atoms with Gasteiger partial charge in [-0.05, 0) is 25.7 Å². The first-order valence-electron chi connectivity index (χ1n) is 6.89. The highest BCUT2D eigenvalue weighted by molar-refractivity contribution is 5.92. The third-order valence-corrected chi connectivity index (χ3v) is 3.61. The van der Waals surface area contributed by atoms with Crippen LogP contribution < -0.4 is 11.1 Å². The van der Waals surface area contributed by atoms with Crippen molar-refractivity contribution in [2.24, 2.45) is 17.1 Å². The summed E-state index contributed by atoms with van der Waals surface area (Å²) in [7, 11) is 0. The van der Waals surface area contributed by atoms with Gasteiger partial charge in [0.2, 0.25) is 11.8 Å². The highest BCUT2D eigenvalue weighted by atomic mass is 16.2. The fraction of sp³-hybridized carbons (Fsp3) is 0.857. The molecule has 0 bridgehead atoms. The number of amides is 2. The maximum absolute atomic E-state index is 12.6. The lowest BCUT2D eigenvalue weighted by Crippen LogP contribution is -2.64. The molecule has 0 saturated carbocycles. The molecule has 3 N–H and O–H groups in total. The third-order valence-electron chi connectivity index (χ3n) is 3.61. The van der Waals surface area contributed by atoms with Crippen LogP contribution in [0.2, 0.25) is 0 Å². The molecule has 0 aromatic heterocycles. The molecular formula is C14H27N3O2. The number of nitrogens with two attached hydrogens (primary N) is 1. The van der Waals surface area contributed by atoms with E-state index in [1.165, 1.54) is 0 Å². The molecule has 1 atom stereocenters. The van der Waals surface area contributed by atoms with Crippen LogP contribution >= 0.6 is 0 Å². The monoisotopic (exact) mass is 269 g/mol. The minimum atomic E-state index is -0.791. The zero-order valence-electron chi connectivity index (χ0n) is 12.7. The Hall–Kier alpha value is -1.10. The molecule has 1 fully saturated rings. The van der Waals surface area contributed by atoms with E-state index < -0.39 is 5.54 Å². The van der Waals surface area contributed by atoms with Crippen molar-refractivity contribution in [3.8, 4) is 0 Å². The predicted molar refractivity (Wildman–Crippen MR) is 75.4 cm³/mol. The van der Waals surface area contributed by atoms with E-state index in [1.807, 2.05) is 0 Å². The quantitative estimate of drug-likeness (QED) is 0.793. The van der Waals surface area contributed by atoms with Gasteiger partial charge in [0, 0.05) is 19.6 Å². The van der Waals surface area contributed by atoms with E-state index in [2.05, 4.69) is 26.1 Å². The number of nitrogens with one attached hydrogen (secondary N) is 1. The zero-order valence-corrected chi connectivity index (χ0v) is 12.7. The molecule has 0 aromatic rings. The van der Waals surface area contributed by atoms with Gasteiger partial charge in [-0.3, -0.25) is 9.59 Å². The summed E-state index contributed by atoms with van der Waals surface area (Å²) in [6.07, 6.45) is 0.733. The molecule has 0 aliphatic carbocycles. The Morgan fingerprint density at radius 3 is 2.53 bits per heavy atom. The summed E-state index contributed by atoms with van der Waals surface area (Å²) in [5.41, 5.74) is 5.02. The smallest absolute Gasteiger partial charge is 0.245 e. The molecule has 0 spiro atoms. The lowest BCUT2D eigenvalue weighted by atomic mass is 9.83. The van der Waals surface area contributed by atoms with Gasteiger partial charge in [0.1, 0.15) is 5.54 Å². The van der Waals surface area contributed by atoms with Crippen molar-refractivity contribution in [1.29, 1.82) is 0 Å². The first kappa shape index (κ1) is 16.0. The van der Waals surface area contributed by atoms with Gasteiger partial charge in [-0.1, -0.05) is 20.8 Å². The lowest BCUT2D eigenvalue weighted by molar-refractivity contribution is -0.152. The van der Waals surface area contributed by atoms with Crippen molar-refractivity contribution in [2.75, 3.05) is 19.6 Å². The SMILES string of the molecule is CC(C)(C)CC(CN)C(=O)N1CCNC(=O)C1(C)C. The van der Waals surface area contributed by atoms with Crippen molar-refractivity contribution in [1.82, 2.24) is 10.2 Å². The molecule has 2 amide bonds. The Bertz CT molecular complexity index is 358. The number of hydrogen-bond acceptors (Lipinski definition) is 3. The first-order valence-corrected chi connectivity index (χ1v) is 6.89. The maximum atomic E-state index is 12.6. The standard InChI is InChI=1S/C14H27N3O2/c1-13(2,3)8-10(9-15)11(18)17-7-6-16-12(19)14(17,4)5/h10H,6-9,15H2,1-5H3,(H,16,19). The van der Waals surface area contributed by atoms with Gasteiger partial charge < -0.3 is 16.0 Å². The molecule has 1 heterocycles. The van der Waals surface area contributed by atoms with E-state index in [9.17, 15) is 9.59 Å². The van der Waals surface area contributed by atoms with Crippen LogP contribution in [0.4, 0.5) is 0 Å². The number of hydrogen-bond donors (Lipinski definition) is 2. The van der Waals surface area contributed by atoms with Crippen molar-refractivity contribution in [2.45, 2.75) is 46.6 Å². The van der Waals surface area contributed by atoms with Crippen LogP contribution in [-0.2, 0) is 9.59 Å². The fourth-order valence-electron chi connectivity index (χ4n) is 2.52. The zero-order chi connectivity index (χ0) is 14.8. The van der Waals surface area contributed by atoms with Crippen molar-refractivity contribution < 1.29 is 9.59 Å².